The minimum Gasteiger partial charge on any atom is -0.497 e. The monoisotopic (exact) mass is 616 g/mol. The van der Waals surface area contributed by atoms with Gasteiger partial charge in [-0.1, -0.05) is 35.9 Å². The van der Waals surface area contributed by atoms with Gasteiger partial charge in [-0.3, -0.25) is 24.0 Å². The summed E-state index contributed by atoms with van der Waals surface area (Å²) in [7, 11) is -3.05. The van der Waals surface area contributed by atoms with Gasteiger partial charge in [-0.15, -0.1) is 0 Å². The van der Waals surface area contributed by atoms with E-state index in [-0.39, 0.29) is 34.4 Å². The van der Waals surface area contributed by atoms with Crippen LogP contribution in [0.2, 0.25) is 5.02 Å². The number of anilines is 1. The lowest BCUT2D eigenvalue weighted by molar-refractivity contribution is -0.385. The molecular formula is C29H33ClN4O7S. The highest BCUT2D eigenvalue weighted by atomic mass is 35.5. The molecule has 0 saturated carbocycles. The second-order valence-corrected chi connectivity index (χ2v) is 12.1. The third-order valence-electron chi connectivity index (χ3n) is 6.50. The van der Waals surface area contributed by atoms with E-state index in [1.165, 1.54) is 55.3 Å². The fraction of sp³-hybridized carbons (Fsp3) is 0.310. The second-order valence-electron chi connectivity index (χ2n) is 9.87. The summed E-state index contributed by atoms with van der Waals surface area (Å²) in [6.45, 7) is 5.82. The number of nitro groups is 1. The number of hydrogen-bond donors (Lipinski definition) is 1. The third-order valence-corrected chi connectivity index (χ3v) is 8.64. The fourth-order valence-electron chi connectivity index (χ4n) is 4.15. The number of carbonyl (C=O) groups is 2. The molecule has 0 aliphatic carbocycles. The number of ether oxygens (including phenoxy) is 1. The van der Waals surface area contributed by atoms with Gasteiger partial charge in [0.25, 0.3) is 15.7 Å². The maximum Gasteiger partial charge on any atom is 0.273 e. The van der Waals surface area contributed by atoms with Gasteiger partial charge in [-0.25, -0.2) is 8.42 Å². The van der Waals surface area contributed by atoms with Gasteiger partial charge in [0.2, 0.25) is 11.8 Å². The summed E-state index contributed by atoms with van der Waals surface area (Å²) in [4.78, 5) is 38.8. The number of nitrogens with zero attached hydrogens (tertiary/aromatic N) is 3. The molecule has 11 nitrogen and oxygen atoms in total. The Balaban J connectivity index is 2.10. The van der Waals surface area contributed by atoms with Gasteiger partial charge in [-0.05, 0) is 69.7 Å². The van der Waals surface area contributed by atoms with Crippen LogP contribution >= 0.6 is 11.6 Å². The number of amides is 2. The summed E-state index contributed by atoms with van der Waals surface area (Å²) in [5.74, 6) is -0.673. The molecule has 0 spiro atoms. The van der Waals surface area contributed by atoms with Crippen molar-refractivity contribution in [2.24, 2.45) is 0 Å². The first-order valence-corrected chi connectivity index (χ1v) is 14.8. The molecule has 0 aliphatic heterocycles. The van der Waals surface area contributed by atoms with E-state index in [1.54, 1.807) is 45.0 Å². The summed E-state index contributed by atoms with van der Waals surface area (Å²) >= 11 is 6.37. The van der Waals surface area contributed by atoms with Crippen molar-refractivity contribution in [3.8, 4) is 5.75 Å². The first-order valence-electron chi connectivity index (χ1n) is 13.0. The quantitative estimate of drug-likeness (QED) is 0.230. The van der Waals surface area contributed by atoms with Crippen molar-refractivity contribution >= 4 is 44.8 Å². The molecule has 0 aromatic heterocycles. The SMILES string of the molecule is COc1ccc(N(CC(=O)N(Cc2ccccc2Cl)C(C)C(=O)NC(C)C)S(=O)(=O)c2ccc(C)c([N+](=O)[O-])c2)cc1. The number of nitrogens with one attached hydrogen (secondary N) is 1. The number of nitro benzene ring substituents is 1. The topological polar surface area (TPSA) is 139 Å². The number of aryl methyl sites for hydroxylation is 1. The molecule has 1 atom stereocenters. The van der Waals surface area contributed by atoms with Crippen molar-refractivity contribution in [2.75, 3.05) is 18.0 Å². The van der Waals surface area contributed by atoms with Crippen molar-refractivity contribution in [1.82, 2.24) is 10.2 Å². The van der Waals surface area contributed by atoms with Crippen molar-refractivity contribution < 1.29 is 27.7 Å². The van der Waals surface area contributed by atoms with Crippen LogP contribution in [0.1, 0.15) is 31.9 Å². The molecule has 3 rings (SSSR count). The zero-order valence-corrected chi connectivity index (χ0v) is 25.5. The number of methoxy groups -OCH3 is 1. The Morgan fingerprint density at radius 3 is 2.26 bits per heavy atom. The van der Waals surface area contributed by atoms with Crippen molar-refractivity contribution in [2.45, 2.75) is 51.2 Å². The Morgan fingerprint density at radius 1 is 1.05 bits per heavy atom. The zero-order chi connectivity index (χ0) is 31.2. The summed E-state index contributed by atoms with van der Waals surface area (Å²) in [6.07, 6.45) is 0. The molecule has 42 heavy (non-hydrogen) atoms. The molecule has 0 fully saturated rings. The Labute approximate surface area is 250 Å². The summed E-state index contributed by atoms with van der Waals surface area (Å²) in [5.41, 5.74) is 0.576. The molecule has 1 unspecified atom stereocenters. The molecule has 0 heterocycles. The number of halogens is 1. The zero-order valence-electron chi connectivity index (χ0n) is 23.9. The molecule has 0 aliphatic rings. The lowest BCUT2D eigenvalue weighted by Crippen LogP contribution is -2.52. The maximum absolute atomic E-state index is 14.0. The van der Waals surface area contributed by atoms with Gasteiger partial charge in [0, 0.05) is 29.2 Å². The summed E-state index contributed by atoms with van der Waals surface area (Å²) in [6, 6.07) is 15.1. The van der Waals surface area contributed by atoms with Crippen molar-refractivity contribution in [3.63, 3.8) is 0 Å². The Bertz CT molecular complexity index is 1560. The van der Waals surface area contributed by atoms with Gasteiger partial charge in [0.15, 0.2) is 0 Å². The first kappa shape index (κ1) is 32.4. The van der Waals surface area contributed by atoms with Crippen LogP contribution in [-0.4, -0.2) is 55.8 Å². The number of benzene rings is 3. The third kappa shape index (κ3) is 7.56. The van der Waals surface area contributed by atoms with Crippen LogP contribution in [0.4, 0.5) is 11.4 Å². The highest BCUT2D eigenvalue weighted by molar-refractivity contribution is 7.92. The van der Waals surface area contributed by atoms with E-state index in [4.69, 9.17) is 16.3 Å². The van der Waals surface area contributed by atoms with E-state index in [0.717, 1.165) is 10.4 Å². The molecule has 13 heteroatoms. The largest absolute Gasteiger partial charge is 0.497 e. The highest BCUT2D eigenvalue weighted by Gasteiger charge is 2.33. The van der Waals surface area contributed by atoms with E-state index < -0.39 is 39.3 Å². The minimum absolute atomic E-state index is 0.0717. The average Bonchev–Trinajstić information content (AvgIpc) is 2.94. The van der Waals surface area contributed by atoms with Crippen molar-refractivity contribution in [3.05, 3.63) is 93.0 Å². The second kappa shape index (κ2) is 13.7. The van der Waals surface area contributed by atoms with Crippen LogP contribution in [0, 0.1) is 17.0 Å². The van der Waals surface area contributed by atoms with E-state index in [9.17, 15) is 28.1 Å². The molecule has 0 radical (unpaired) electrons. The van der Waals surface area contributed by atoms with Gasteiger partial charge < -0.3 is 15.0 Å². The molecule has 1 N–H and O–H groups in total. The predicted octanol–water partition coefficient (Wildman–Crippen LogP) is 4.70. The van der Waals surface area contributed by atoms with Crippen molar-refractivity contribution in [1.29, 1.82) is 0 Å². The molecular weight excluding hydrogens is 584 g/mol. The lowest BCUT2D eigenvalue weighted by Gasteiger charge is -2.32. The van der Waals surface area contributed by atoms with Gasteiger partial charge in [0.05, 0.1) is 22.6 Å². The van der Waals surface area contributed by atoms with Crippen LogP contribution in [-0.2, 0) is 26.2 Å². The fourth-order valence-corrected chi connectivity index (χ4v) is 5.78. The number of hydrogen-bond acceptors (Lipinski definition) is 7. The average molecular weight is 617 g/mol. The summed E-state index contributed by atoms with van der Waals surface area (Å²) < 4.78 is 34.0. The Hall–Kier alpha value is -4.16. The molecule has 3 aromatic carbocycles. The number of rotatable bonds is 12. The predicted molar refractivity (Wildman–Crippen MR) is 160 cm³/mol. The molecule has 2 amide bonds. The van der Waals surface area contributed by atoms with Crippen LogP contribution in [0.15, 0.2) is 71.6 Å². The first-order chi connectivity index (χ1) is 19.8. The molecule has 224 valence electrons. The minimum atomic E-state index is -4.51. The van der Waals surface area contributed by atoms with E-state index in [0.29, 0.717) is 16.3 Å². The summed E-state index contributed by atoms with van der Waals surface area (Å²) in [5, 5.41) is 14.7. The van der Waals surface area contributed by atoms with Gasteiger partial charge in [-0.2, -0.15) is 0 Å². The van der Waals surface area contributed by atoms with Gasteiger partial charge in [0.1, 0.15) is 18.3 Å². The normalized spacial score (nSPS) is 12.0. The Morgan fingerprint density at radius 2 is 1.69 bits per heavy atom. The highest BCUT2D eigenvalue weighted by Crippen LogP contribution is 2.30. The van der Waals surface area contributed by atoms with Crippen LogP contribution in [0.3, 0.4) is 0 Å². The maximum atomic E-state index is 14.0. The standard InChI is InChI=1S/C29H33ClN4O7S/c1-19(2)31-29(36)21(4)32(17-22-8-6-7-9-26(22)30)28(35)18-33(23-11-13-24(41-5)14-12-23)42(39,40)25-15-10-20(3)27(16-25)34(37)38/h6-16,19,21H,17-18H2,1-5H3,(H,31,36). The molecule has 3 aromatic rings. The Kier molecular flexibility index (Phi) is 10.5. The smallest absolute Gasteiger partial charge is 0.273 e. The van der Waals surface area contributed by atoms with Crippen LogP contribution < -0.4 is 14.4 Å². The molecule has 0 saturated heterocycles. The number of sulfonamides is 1. The number of carbonyl (C=O) groups excluding carboxylic acids is 2. The van der Waals surface area contributed by atoms with Gasteiger partial charge >= 0.3 is 0 Å². The molecule has 0 bridgehead atoms. The van der Waals surface area contributed by atoms with E-state index in [2.05, 4.69) is 5.32 Å². The lowest BCUT2D eigenvalue weighted by atomic mass is 10.1. The van der Waals surface area contributed by atoms with Crippen LogP contribution in [0.5, 0.6) is 5.75 Å². The van der Waals surface area contributed by atoms with Crippen LogP contribution in [0.25, 0.3) is 0 Å². The van der Waals surface area contributed by atoms with E-state index in [1.807, 2.05) is 0 Å². The van der Waals surface area contributed by atoms with E-state index >= 15 is 0 Å².